The second-order valence-electron chi connectivity index (χ2n) is 3.99. The number of anilines is 1. The zero-order valence-corrected chi connectivity index (χ0v) is 9.63. The van der Waals surface area contributed by atoms with E-state index in [4.69, 9.17) is 0 Å². The molecule has 2 aromatic rings. The van der Waals surface area contributed by atoms with Crippen molar-refractivity contribution in [2.24, 2.45) is 0 Å². The van der Waals surface area contributed by atoms with Gasteiger partial charge in [-0.05, 0) is 12.8 Å². The first-order valence-corrected chi connectivity index (χ1v) is 6.24. The van der Waals surface area contributed by atoms with Gasteiger partial charge in [0.1, 0.15) is 5.82 Å². The van der Waals surface area contributed by atoms with Crippen LogP contribution in [0.4, 0.5) is 5.13 Å². The van der Waals surface area contributed by atoms with Crippen molar-refractivity contribution in [3.8, 4) is 0 Å². The number of rotatable bonds is 5. The third kappa shape index (κ3) is 2.21. The van der Waals surface area contributed by atoms with Crippen LogP contribution in [0.15, 0.2) is 12.5 Å². The predicted molar refractivity (Wildman–Crippen MR) is 62.7 cm³/mol. The molecule has 16 heavy (non-hydrogen) atoms. The molecule has 2 heterocycles. The van der Waals surface area contributed by atoms with Gasteiger partial charge in [-0.25, -0.2) is 9.97 Å². The molecule has 0 atom stereocenters. The van der Waals surface area contributed by atoms with Gasteiger partial charge in [0.2, 0.25) is 5.13 Å². The number of H-pyrrole nitrogens is 1. The van der Waals surface area contributed by atoms with Crippen molar-refractivity contribution in [1.29, 1.82) is 0 Å². The lowest BCUT2D eigenvalue weighted by Gasteiger charge is -1.99. The highest BCUT2D eigenvalue weighted by Gasteiger charge is 2.27. The fraction of sp³-hybridized carbons (Fsp3) is 0.500. The standard InChI is InChI=1S/C10H13N5S/c1-2-7(1)9-14-10(16-15-9)12-4-3-8-5-11-6-13-8/h5-7H,1-4H2,(H,11,13)(H,12,14,15). The highest BCUT2D eigenvalue weighted by molar-refractivity contribution is 7.09. The number of nitrogens with zero attached hydrogens (tertiary/aromatic N) is 3. The molecular formula is C10H13N5S. The fourth-order valence-corrected chi connectivity index (χ4v) is 2.21. The van der Waals surface area contributed by atoms with Gasteiger partial charge in [0.25, 0.3) is 0 Å². The Labute approximate surface area is 97.5 Å². The summed E-state index contributed by atoms with van der Waals surface area (Å²) in [4.78, 5) is 11.5. The van der Waals surface area contributed by atoms with Crippen LogP contribution >= 0.6 is 11.5 Å². The van der Waals surface area contributed by atoms with E-state index in [0.29, 0.717) is 5.92 Å². The lowest BCUT2D eigenvalue weighted by molar-refractivity contribution is 0.954. The maximum Gasteiger partial charge on any atom is 0.202 e. The largest absolute Gasteiger partial charge is 0.360 e. The van der Waals surface area contributed by atoms with Gasteiger partial charge in [-0.15, -0.1) is 0 Å². The normalized spacial score (nSPS) is 15.2. The van der Waals surface area contributed by atoms with E-state index < -0.39 is 0 Å². The molecule has 5 nitrogen and oxygen atoms in total. The zero-order chi connectivity index (χ0) is 10.8. The minimum Gasteiger partial charge on any atom is -0.360 e. The molecule has 3 rings (SSSR count). The van der Waals surface area contributed by atoms with E-state index in [0.717, 1.165) is 29.6 Å². The van der Waals surface area contributed by atoms with Crippen LogP contribution in [0.5, 0.6) is 0 Å². The maximum atomic E-state index is 4.46. The molecule has 0 radical (unpaired) electrons. The number of aromatic nitrogens is 4. The Balaban J connectivity index is 1.50. The molecule has 0 aliphatic heterocycles. The monoisotopic (exact) mass is 235 g/mol. The van der Waals surface area contributed by atoms with E-state index in [1.165, 1.54) is 24.4 Å². The third-order valence-electron chi connectivity index (χ3n) is 2.61. The summed E-state index contributed by atoms with van der Waals surface area (Å²) in [6.07, 6.45) is 6.98. The first-order chi connectivity index (χ1) is 7.92. The van der Waals surface area contributed by atoms with Crippen LogP contribution in [-0.2, 0) is 6.42 Å². The Morgan fingerprint density at radius 1 is 1.50 bits per heavy atom. The summed E-state index contributed by atoms with van der Waals surface area (Å²) in [5.41, 5.74) is 1.14. The molecule has 0 spiro atoms. The molecule has 1 fully saturated rings. The lowest BCUT2D eigenvalue weighted by Crippen LogP contribution is -2.04. The van der Waals surface area contributed by atoms with Crippen molar-refractivity contribution in [2.45, 2.75) is 25.2 Å². The SMILES string of the molecule is c1ncc(CCNc2nc(C3CC3)ns2)[nH]1. The molecule has 6 heteroatoms. The van der Waals surface area contributed by atoms with Crippen molar-refractivity contribution in [3.63, 3.8) is 0 Å². The van der Waals surface area contributed by atoms with Crippen molar-refractivity contribution in [1.82, 2.24) is 19.3 Å². The summed E-state index contributed by atoms with van der Waals surface area (Å²) in [6.45, 7) is 0.863. The van der Waals surface area contributed by atoms with Gasteiger partial charge < -0.3 is 10.3 Å². The minimum absolute atomic E-state index is 0.638. The van der Waals surface area contributed by atoms with Gasteiger partial charge in [-0.2, -0.15) is 4.37 Å². The highest BCUT2D eigenvalue weighted by Crippen LogP contribution is 2.39. The van der Waals surface area contributed by atoms with E-state index in [2.05, 4.69) is 24.6 Å². The second kappa shape index (κ2) is 4.21. The summed E-state index contributed by atoms with van der Waals surface area (Å²) in [5, 5.41) is 4.21. The van der Waals surface area contributed by atoms with Crippen molar-refractivity contribution in [2.75, 3.05) is 11.9 Å². The predicted octanol–water partition coefficient (Wildman–Crippen LogP) is 1.79. The van der Waals surface area contributed by atoms with Gasteiger partial charge in [0, 0.05) is 42.3 Å². The van der Waals surface area contributed by atoms with E-state index in [9.17, 15) is 0 Å². The topological polar surface area (TPSA) is 66.5 Å². The summed E-state index contributed by atoms with van der Waals surface area (Å²) >= 11 is 1.46. The Morgan fingerprint density at radius 2 is 2.44 bits per heavy atom. The molecule has 1 aliphatic rings. The number of imidazole rings is 1. The van der Waals surface area contributed by atoms with Crippen molar-refractivity contribution in [3.05, 3.63) is 24.0 Å². The molecule has 0 saturated heterocycles. The summed E-state index contributed by atoms with van der Waals surface area (Å²) in [5.74, 6) is 1.66. The summed E-state index contributed by atoms with van der Waals surface area (Å²) in [6, 6.07) is 0. The van der Waals surface area contributed by atoms with Crippen LogP contribution in [0, 0.1) is 0 Å². The van der Waals surface area contributed by atoms with E-state index in [-0.39, 0.29) is 0 Å². The molecule has 0 unspecified atom stereocenters. The Bertz CT molecular complexity index is 445. The van der Waals surface area contributed by atoms with Crippen LogP contribution < -0.4 is 5.32 Å². The van der Waals surface area contributed by atoms with E-state index in [1.807, 2.05) is 6.20 Å². The lowest BCUT2D eigenvalue weighted by atomic mass is 10.3. The van der Waals surface area contributed by atoms with Crippen molar-refractivity contribution >= 4 is 16.7 Å². The Kier molecular flexibility index (Phi) is 2.57. The number of hydrogen-bond acceptors (Lipinski definition) is 5. The zero-order valence-electron chi connectivity index (χ0n) is 8.81. The van der Waals surface area contributed by atoms with Gasteiger partial charge in [-0.3, -0.25) is 0 Å². The molecular weight excluding hydrogens is 222 g/mol. The highest BCUT2D eigenvalue weighted by atomic mass is 32.1. The fourth-order valence-electron chi connectivity index (χ4n) is 1.54. The van der Waals surface area contributed by atoms with Crippen LogP contribution in [-0.4, -0.2) is 25.9 Å². The number of aromatic amines is 1. The average molecular weight is 235 g/mol. The molecule has 2 aromatic heterocycles. The van der Waals surface area contributed by atoms with E-state index in [1.54, 1.807) is 6.33 Å². The Hall–Kier alpha value is -1.43. The van der Waals surface area contributed by atoms with Crippen LogP contribution in [0.2, 0.25) is 0 Å². The maximum absolute atomic E-state index is 4.46. The molecule has 84 valence electrons. The van der Waals surface area contributed by atoms with Gasteiger partial charge in [0.05, 0.1) is 6.33 Å². The minimum atomic E-state index is 0.638. The molecule has 1 saturated carbocycles. The summed E-state index contributed by atoms with van der Waals surface area (Å²) < 4.78 is 4.34. The summed E-state index contributed by atoms with van der Waals surface area (Å²) in [7, 11) is 0. The Morgan fingerprint density at radius 3 is 3.19 bits per heavy atom. The van der Waals surface area contributed by atoms with Crippen LogP contribution in [0.3, 0.4) is 0 Å². The van der Waals surface area contributed by atoms with Gasteiger partial charge in [0.15, 0.2) is 0 Å². The molecule has 0 aromatic carbocycles. The van der Waals surface area contributed by atoms with Crippen molar-refractivity contribution < 1.29 is 0 Å². The quantitative estimate of drug-likeness (QED) is 0.829. The van der Waals surface area contributed by atoms with E-state index >= 15 is 0 Å². The third-order valence-corrected chi connectivity index (χ3v) is 3.30. The van der Waals surface area contributed by atoms with Gasteiger partial charge in [-0.1, -0.05) is 0 Å². The average Bonchev–Trinajstić information content (AvgIpc) is 2.83. The first-order valence-electron chi connectivity index (χ1n) is 5.46. The molecule has 1 aliphatic carbocycles. The van der Waals surface area contributed by atoms with Gasteiger partial charge >= 0.3 is 0 Å². The second-order valence-corrected chi connectivity index (χ2v) is 4.74. The molecule has 0 amide bonds. The molecule has 0 bridgehead atoms. The van der Waals surface area contributed by atoms with Crippen LogP contribution in [0.1, 0.15) is 30.3 Å². The first kappa shape index (κ1) is 9.77. The smallest absolute Gasteiger partial charge is 0.202 e. The number of nitrogens with one attached hydrogen (secondary N) is 2. The molecule has 2 N–H and O–H groups in total. The van der Waals surface area contributed by atoms with Crippen LogP contribution in [0.25, 0.3) is 0 Å². The number of hydrogen-bond donors (Lipinski definition) is 2.